The number of imidazole rings is 1. The molecule has 2 aromatic heterocycles. The number of hydrogen-bond acceptors (Lipinski definition) is 6. The number of pyridine rings is 1. The molecule has 42 heavy (non-hydrogen) atoms. The monoisotopic (exact) mass is 572 g/mol. The van der Waals surface area contributed by atoms with Crippen molar-refractivity contribution in [3.8, 4) is 23.2 Å². The Morgan fingerprint density at radius 1 is 0.976 bits per heavy atom. The van der Waals surface area contributed by atoms with Crippen molar-refractivity contribution in [2.24, 2.45) is 0 Å². The van der Waals surface area contributed by atoms with Gasteiger partial charge in [0.1, 0.15) is 24.1 Å². The number of ether oxygens (including phenoxy) is 2. The van der Waals surface area contributed by atoms with Crippen molar-refractivity contribution in [1.82, 2.24) is 14.5 Å². The minimum absolute atomic E-state index is 0.104. The van der Waals surface area contributed by atoms with E-state index in [0.29, 0.717) is 35.6 Å². The van der Waals surface area contributed by atoms with Gasteiger partial charge in [0.2, 0.25) is 0 Å². The number of carboxylic acid groups (broad SMARTS) is 1. The number of rotatable bonds is 10. The van der Waals surface area contributed by atoms with Gasteiger partial charge in [0.05, 0.1) is 40.5 Å². The largest absolute Gasteiger partial charge is 0.478 e. The molecule has 0 aliphatic carbocycles. The molecule has 0 saturated carbocycles. The van der Waals surface area contributed by atoms with Crippen LogP contribution in [0.25, 0.3) is 22.3 Å². The maximum Gasteiger partial charge on any atom is 0.335 e. The molecular weight excluding hydrogens is 549 g/mol. The summed E-state index contributed by atoms with van der Waals surface area (Å²) in [4.78, 5) is 20.2. The van der Waals surface area contributed by atoms with Gasteiger partial charge >= 0.3 is 5.97 Å². The predicted molar refractivity (Wildman–Crippen MR) is 146 cm³/mol. The van der Waals surface area contributed by atoms with Crippen molar-refractivity contribution in [3.63, 3.8) is 0 Å². The third-order valence-corrected chi connectivity index (χ3v) is 6.63. The molecular formula is C31H23F3N4O4. The summed E-state index contributed by atoms with van der Waals surface area (Å²) in [6.45, 7) is 0.437. The third kappa shape index (κ3) is 5.94. The Bertz CT molecular complexity index is 1850. The molecule has 0 saturated heterocycles. The van der Waals surface area contributed by atoms with E-state index in [2.05, 4.69) is 9.97 Å². The smallest absolute Gasteiger partial charge is 0.335 e. The molecule has 0 atom stereocenters. The second kappa shape index (κ2) is 12.1. The van der Waals surface area contributed by atoms with Gasteiger partial charge in [-0.05, 0) is 60.2 Å². The number of aromatic carboxylic acids is 1. The molecule has 212 valence electrons. The van der Waals surface area contributed by atoms with Crippen LogP contribution in [0.15, 0.2) is 66.7 Å². The number of nitriles is 1. The molecule has 5 aromatic rings. The molecule has 5 rings (SSSR count). The number of carboxylic acids is 1. The van der Waals surface area contributed by atoms with Crippen molar-refractivity contribution in [2.75, 3.05) is 13.7 Å². The van der Waals surface area contributed by atoms with Crippen LogP contribution in [0, 0.1) is 28.8 Å². The van der Waals surface area contributed by atoms with Gasteiger partial charge in [-0.25, -0.2) is 27.9 Å². The highest BCUT2D eigenvalue weighted by atomic mass is 19.1. The van der Waals surface area contributed by atoms with Crippen molar-refractivity contribution >= 4 is 17.0 Å². The van der Waals surface area contributed by atoms with Gasteiger partial charge in [0.15, 0.2) is 5.82 Å². The zero-order chi connectivity index (χ0) is 29.8. The Kier molecular flexibility index (Phi) is 8.17. The molecule has 0 aliphatic rings. The van der Waals surface area contributed by atoms with Crippen LogP contribution in [0.2, 0.25) is 0 Å². The number of aromatic nitrogens is 3. The summed E-state index contributed by atoms with van der Waals surface area (Å²) >= 11 is 0. The van der Waals surface area contributed by atoms with Crippen LogP contribution in [-0.4, -0.2) is 39.3 Å². The number of hydrogen-bond donors (Lipinski definition) is 1. The van der Waals surface area contributed by atoms with Gasteiger partial charge in [-0.1, -0.05) is 12.1 Å². The van der Waals surface area contributed by atoms with Crippen molar-refractivity contribution in [2.45, 2.75) is 19.6 Å². The topological polar surface area (TPSA) is 110 Å². The van der Waals surface area contributed by atoms with E-state index >= 15 is 4.39 Å². The second-order valence-electron chi connectivity index (χ2n) is 9.36. The van der Waals surface area contributed by atoms with Gasteiger partial charge in [-0.3, -0.25) is 0 Å². The van der Waals surface area contributed by atoms with Crippen LogP contribution in [-0.2, 0) is 24.3 Å². The molecule has 0 amide bonds. The van der Waals surface area contributed by atoms with Gasteiger partial charge < -0.3 is 19.1 Å². The number of halogens is 3. The maximum absolute atomic E-state index is 15.3. The van der Waals surface area contributed by atoms with E-state index in [4.69, 9.17) is 14.7 Å². The Morgan fingerprint density at radius 2 is 1.81 bits per heavy atom. The maximum atomic E-state index is 15.3. The van der Waals surface area contributed by atoms with E-state index in [-0.39, 0.29) is 41.0 Å². The fourth-order valence-electron chi connectivity index (χ4n) is 4.49. The molecule has 0 fully saturated rings. The first kappa shape index (κ1) is 28.3. The second-order valence-corrected chi connectivity index (χ2v) is 9.36. The minimum Gasteiger partial charge on any atom is -0.478 e. The Hall–Kier alpha value is -5.21. The summed E-state index contributed by atoms with van der Waals surface area (Å²) in [7, 11) is 1.56. The summed E-state index contributed by atoms with van der Waals surface area (Å²) in [5.74, 6) is -2.96. The molecule has 2 heterocycles. The lowest BCUT2D eigenvalue weighted by Crippen LogP contribution is -2.09. The zero-order valence-corrected chi connectivity index (χ0v) is 22.3. The summed E-state index contributed by atoms with van der Waals surface area (Å²) < 4.78 is 56.4. The number of fused-ring (bicyclic) bond motifs is 1. The summed E-state index contributed by atoms with van der Waals surface area (Å²) in [6, 6.07) is 17.2. The lowest BCUT2D eigenvalue weighted by molar-refractivity contribution is 0.0697. The first-order valence-electron chi connectivity index (χ1n) is 12.8. The molecule has 1 N–H and O–H groups in total. The quantitative estimate of drug-likeness (QED) is 0.222. The first-order valence-corrected chi connectivity index (χ1v) is 12.8. The van der Waals surface area contributed by atoms with Crippen molar-refractivity contribution in [1.29, 1.82) is 5.26 Å². The van der Waals surface area contributed by atoms with E-state index < -0.39 is 29.3 Å². The van der Waals surface area contributed by atoms with E-state index in [0.717, 1.165) is 12.1 Å². The Labute approximate surface area is 238 Å². The van der Waals surface area contributed by atoms with Gasteiger partial charge in [-0.15, -0.1) is 0 Å². The number of nitrogens with zero attached hydrogens (tertiary/aromatic N) is 4. The Morgan fingerprint density at radius 3 is 2.52 bits per heavy atom. The van der Waals surface area contributed by atoms with E-state index in [9.17, 15) is 18.7 Å². The lowest BCUT2D eigenvalue weighted by atomic mass is 10.1. The van der Waals surface area contributed by atoms with Crippen LogP contribution in [0.5, 0.6) is 5.88 Å². The molecule has 0 unspecified atom stereocenters. The van der Waals surface area contributed by atoms with Crippen LogP contribution in [0.4, 0.5) is 13.2 Å². The average molecular weight is 573 g/mol. The van der Waals surface area contributed by atoms with Crippen LogP contribution >= 0.6 is 0 Å². The third-order valence-electron chi connectivity index (χ3n) is 6.63. The Balaban J connectivity index is 1.39. The number of methoxy groups -OCH3 is 1. The molecule has 11 heteroatoms. The SMILES string of the molecule is COCCn1c(Cc2ccc(-c3ccc(F)c(OCc4ccc(C#N)cc4F)n3)c(F)c2)nc2ccc(C(=O)O)cc21. The lowest BCUT2D eigenvalue weighted by Gasteiger charge is -2.11. The highest BCUT2D eigenvalue weighted by molar-refractivity contribution is 5.92. The van der Waals surface area contributed by atoms with E-state index in [1.165, 1.54) is 36.4 Å². The highest BCUT2D eigenvalue weighted by Crippen LogP contribution is 2.28. The molecule has 3 aromatic carbocycles. The van der Waals surface area contributed by atoms with E-state index in [1.807, 2.05) is 10.6 Å². The van der Waals surface area contributed by atoms with Gasteiger partial charge in [0, 0.05) is 31.2 Å². The molecule has 0 radical (unpaired) electrons. The van der Waals surface area contributed by atoms with Crippen LogP contribution in [0.1, 0.15) is 32.9 Å². The average Bonchev–Trinajstić information content (AvgIpc) is 3.32. The zero-order valence-electron chi connectivity index (χ0n) is 22.3. The molecule has 0 spiro atoms. The van der Waals surface area contributed by atoms with Gasteiger partial charge in [-0.2, -0.15) is 5.26 Å². The normalized spacial score (nSPS) is 11.0. The van der Waals surface area contributed by atoms with Crippen LogP contribution in [0.3, 0.4) is 0 Å². The van der Waals surface area contributed by atoms with Crippen LogP contribution < -0.4 is 4.74 Å². The van der Waals surface area contributed by atoms with E-state index in [1.54, 1.807) is 25.3 Å². The number of benzene rings is 3. The summed E-state index contributed by atoms with van der Waals surface area (Å²) in [5.41, 5.74) is 2.41. The highest BCUT2D eigenvalue weighted by Gasteiger charge is 2.17. The number of carbonyl (C=O) groups is 1. The standard InChI is InChI=1S/C31H23F3N4O4/c1-41-11-10-38-28-15-20(31(39)40)5-8-27(28)36-29(38)14-18-3-6-22(25(34)12-18)26-9-7-23(32)30(37-26)42-17-21-4-2-19(16-35)13-24(21)33/h2-9,12-13,15H,10-11,14,17H2,1H3,(H,39,40). The fraction of sp³-hybridized carbons (Fsp3) is 0.161. The molecule has 8 nitrogen and oxygen atoms in total. The van der Waals surface area contributed by atoms with Gasteiger partial charge in [0.25, 0.3) is 5.88 Å². The summed E-state index contributed by atoms with van der Waals surface area (Å²) in [5, 5.41) is 18.3. The first-order chi connectivity index (χ1) is 20.3. The van der Waals surface area contributed by atoms with Crippen molar-refractivity contribution in [3.05, 3.63) is 112 Å². The van der Waals surface area contributed by atoms with Crippen molar-refractivity contribution < 1.29 is 32.5 Å². The molecule has 0 bridgehead atoms. The fourth-order valence-corrected chi connectivity index (χ4v) is 4.49. The minimum atomic E-state index is -1.06. The molecule has 0 aliphatic heterocycles. The predicted octanol–water partition coefficient (Wildman–Crippen LogP) is 5.90. The summed E-state index contributed by atoms with van der Waals surface area (Å²) in [6.07, 6.45) is 0.249.